The van der Waals surface area contributed by atoms with Crippen LogP contribution in [0.5, 0.6) is 0 Å². The van der Waals surface area contributed by atoms with Crippen molar-refractivity contribution in [1.29, 1.82) is 0 Å². The lowest BCUT2D eigenvalue weighted by Crippen LogP contribution is -2.13. The highest BCUT2D eigenvalue weighted by molar-refractivity contribution is 5.86. The molecule has 0 unspecified atom stereocenters. The van der Waals surface area contributed by atoms with Crippen LogP contribution in [-0.4, -0.2) is 12.4 Å². The van der Waals surface area contributed by atoms with Gasteiger partial charge in [0.1, 0.15) is 0 Å². The molecule has 0 amide bonds. The minimum absolute atomic E-state index is 0.678. The molecule has 0 aliphatic heterocycles. The van der Waals surface area contributed by atoms with Crippen molar-refractivity contribution < 1.29 is 0 Å². The van der Waals surface area contributed by atoms with Crippen LogP contribution in [0, 0.1) is 11.8 Å². The molecule has 11 heavy (non-hydrogen) atoms. The largest absolute Gasteiger partial charge is 0.282 e. The molecule has 1 nitrogen and oxygen atoms in total. The van der Waals surface area contributed by atoms with Crippen LogP contribution in [0.2, 0.25) is 0 Å². The van der Waals surface area contributed by atoms with Crippen molar-refractivity contribution in [3.63, 3.8) is 0 Å². The molecular weight excluding hydrogens is 134 g/mol. The monoisotopic (exact) mass is 152 g/mol. The number of rotatable bonds is 0. The van der Waals surface area contributed by atoms with E-state index in [-0.39, 0.29) is 0 Å². The SMILES string of the molecule is C=[N+]=C1C[C@H](C)CCC[C@@H]1C. The first-order chi connectivity index (χ1) is 5.24. The van der Waals surface area contributed by atoms with Crippen LogP contribution >= 0.6 is 0 Å². The van der Waals surface area contributed by atoms with Crippen LogP contribution in [0.1, 0.15) is 39.5 Å². The maximum absolute atomic E-state index is 4.11. The maximum atomic E-state index is 4.11. The van der Waals surface area contributed by atoms with Gasteiger partial charge < -0.3 is 0 Å². The minimum Gasteiger partial charge on any atom is -0.110 e. The zero-order valence-electron chi connectivity index (χ0n) is 7.64. The molecule has 1 rings (SSSR count). The van der Waals surface area contributed by atoms with E-state index in [2.05, 4.69) is 25.2 Å². The van der Waals surface area contributed by atoms with Crippen LogP contribution in [0.15, 0.2) is 0 Å². The molecule has 0 heterocycles. The van der Waals surface area contributed by atoms with Crippen LogP contribution in [0.3, 0.4) is 0 Å². The number of hydrogen-bond acceptors (Lipinski definition) is 0. The molecule has 1 saturated carbocycles. The molecule has 0 aromatic heterocycles. The molecule has 0 radical (unpaired) electrons. The first-order valence-electron chi connectivity index (χ1n) is 4.56. The van der Waals surface area contributed by atoms with E-state index in [4.69, 9.17) is 0 Å². The van der Waals surface area contributed by atoms with Crippen molar-refractivity contribution in [2.24, 2.45) is 11.8 Å². The Balaban J connectivity index is 2.67. The quantitative estimate of drug-likeness (QED) is 0.286. The van der Waals surface area contributed by atoms with E-state index in [0.29, 0.717) is 5.92 Å². The van der Waals surface area contributed by atoms with Crippen molar-refractivity contribution >= 4 is 12.4 Å². The van der Waals surface area contributed by atoms with Gasteiger partial charge in [-0.05, 0) is 12.3 Å². The molecule has 1 fully saturated rings. The molecule has 0 spiro atoms. The molecule has 1 heteroatoms. The summed E-state index contributed by atoms with van der Waals surface area (Å²) >= 11 is 0. The zero-order valence-corrected chi connectivity index (χ0v) is 7.64. The van der Waals surface area contributed by atoms with Gasteiger partial charge in [-0.25, -0.2) is 0 Å². The summed E-state index contributed by atoms with van der Waals surface area (Å²) in [5.41, 5.74) is 1.33. The summed E-state index contributed by atoms with van der Waals surface area (Å²) in [4.78, 5) is 0. The highest BCUT2D eigenvalue weighted by Crippen LogP contribution is 2.23. The van der Waals surface area contributed by atoms with Crippen molar-refractivity contribution in [3.05, 3.63) is 0 Å². The molecule has 0 aromatic carbocycles. The Morgan fingerprint density at radius 1 is 1.36 bits per heavy atom. The Hall–Kier alpha value is -0.550. The lowest BCUT2D eigenvalue weighted by molar-refractivity contribution is 0.530. The molecule has 1 aliphatic carbocycles. The predicted molar refractivity (Wildman–Crippen MR) is 51.1 cm³/mol. The summed E-state index contributed by atoms with van der Waals surface area (Å²) in [7, 11) is 0. The molecule has 0 saturated heterocycles. The number of hydrogen-bond donors (Lipinski definition) is 0. The fourth-order valence-corrected chi connectivity index (χ4v) is 1.82. The maximum Gasteiger partial charge on any atom is 0.282 e. The smallest absolute Gasteiger partial charge is 0.110 e. The first-order valence-corrected chi connectivity index (χ1v) is 4.56. The van der Waals surface area contributed by atoms with Crippen molar-refractivity contribution in [3.8, 4) is 0 Å². The van der Waals surface area contributed by atoms with Gasteiger partial charge >= 0.3 is 0 Å². The highest BCUT2D eigenvalue weighted by Gasteiger charge is 2.25. The second kappa shape index (κ2) is 3.73. The van der Waals surface area contributed by atoms with Gasteiger partial charge in [0.05, 0.1) is 5.92 Å². The van der Waals surface area contributed by atoms with E-state index in [9.17, 15) is 0 Å². The Labute approximate surface area is 69.3 Å². The minimum atomic E-state index is 0.678. The van der Waals surface area contributed by atoms with Gasteiger partial charge in [-0.3, -0.25) is 0 Å². The molecule has 2 atom stereocenters. The summed E-state index contributed by atoms with van der Waals surface area (Å²) in [6.45, 7) is 8.20. The second-order valence-corrected chi connectivity index (χ2v) is 3.79. The third-order valence-corrected chi connectivity index (χ3v) is 2.66. The van der Waals surface area contributed by atoms with Gasteiger partial charge in [-0.1, -0.05) is 26.7 Å². The molecule has 0 aromatic rings. The van der Waals surface area contributed by atoms with Gasteiger partial charge in [-0.2, -0.15) is 0 Å². The lowest BCUT2D eigenvalue weighted by Gasteiger charge is -2.00. The third-order valence-electron chi connectivity index (χ3n) is 2.66. The Kier molecular flexibility index (Phi) is 2.90. The summed E-state index contributed by atoms with van der Waals surface area (Å²) < 4.78 is 4.11. The van der Waals surface area contributed by atoms with Gasteiger partial charge in [0.25, 0.3) is 12.4 Å². The van der Waals surface area contributed by atoms with E-state index < -0.39 is 0 Å². The van der Waals surface area contributed by atoms with Gasteiger partial charge in [0.15, 0.2) is 0 Å². The molecule has 0 bridgehead atoms. The normalized spacial score (nSPS) is 32.7. The highest BCUT2D eigenvalue weighted by atomic mass is 14.6. The molecule has 0 N–H and O–H groups in total. The summed E-state index contributed by atoms with van der Waals surface area (Å²) in [6, 6.07) is 0. The topological polar surface area (TPSA) is 14.1 Å². The fourth-order valence-electron chi connectivity index (χ4n) is 1.82. The van der Waals surface area contributed by atoms with Crippen molar-refractivity contribution in [2.45, 2.75) is 39.5 Å². The molecular formula is C10H18N+. The summed E-state index contributed by atoms with van der Waals surface area (Å²) in [5.74, 6) is 1.50. The Bertz CT molecular complexity index is 177. The third kappa shape index (κ3) is 2.20. The molecule has 62 valence electrons. The lowest BCUT2D eigenvalue weighted by atomic mass is 9.98. The van der Waals surface area contributed by atoms with Crippen molar-refractivity contribution in [1.82, 2.24) is 4.67 Å². The van der Waals surface area contributed by atoms with E-state index in [1.165, 1.54) is 31.4 Å². The van der Waals surface area contributed by atoms with E-state index >= 15 is 0 Å². The summed E-state index contributed by atoms with van der Waals surface area (Å²) in [5, 5.41) is 0. The fraction of sp³-hybridized carbons (Fsp3) is 0.800. The predicted octanol–water partition coefficient (Wildman–Crippen LogP) is 2.04. The Morgan fingerprint density at radius 2 is 2.09 bits per heavy atom. The van der Waals surface area contributed by atoms with Gasteiger partial charge in [-0.15, -0.1) is 4.67 Å². The second-order valence-electron chi connectivity index (χ2n) is 3.79. The van der Waals surface area contributed by atoms with Crippen LogP contribution in [-0.2, 0) is 0 Å². The van der Waals surface area contributed by atoms with Crippen LogP contribution in [0.4, 0.5) is 0 Å². The van der Waals surface area contributed by atoms with Crippen LogP contribution < -0.4 is 4.67 Å². The number of nitrogens with zero attached hydrogens (tertiary/aromatic N) is 1. The van der Waals surface area contributed by atoms with Gasteiger partial charge in [0, 0.05) is 6.42 Å². The van der Waals surface area contributed by atoms with Crippen molar-refractivity contribution in [2.75, 3.05) is 0 Å². The average molecular weight is 152 g/mol. The first kappa shape index (κ1) is 8.55. The van der Waals surface area contributed by atoms with E-state index in [0.717, 1.165) is 5.92 Å². The van der Waals surface area contributed by atoms with E-state index in [1.54, 1.807) is 0 Å². The zero-order chi connectivity index (χ0) is 8.27. The average Bonchev–Trinajstić information content (AvgIpc) is 2.13. The standard InChI is InChI=1S/C10H18N/c1-8-5-4-6-9(2)10(7-8)11-3/h8-9H,3-7H2,1-2H3/q+1/t8-,9+/m1/s1. The molecule has 1 aliphatic rings. The van der Waals surface area contributed by atoms with Crippen LogP contribution in [0.25, 0.3) is 0 Å². The Morgan fingerprint density at radius 3 is 2.73 bits per heavy atom. The van der Waals surface area contributed by atoms with E-state index in [1.807, 2.05) is 0 Å². The van der Waals surface area contributed by atoms with Gasteiger partial charge in [0.2, 0.25) is 0 Å². The summed E-state index contributed by atoms with van der Waals surface area (Å²) in [6.07, 6.45) is 5.20.